The van der Waals surface area contributed by atoms with Crippen LogP contribution in [-0.2, 0) is 5.66 Å². The number of amidine groups is 1. The number of rotatable bonds is 3. The second-order valence-corrected chi connectivity index (χ2v) is 5.75. The minimum absolute atomic E-state index is 0.249. The van der Waals surface area contributed by atoms with Crippen molar-refractivity contribution in [3.05, 3.63) is 54.1 Å². The first-order chi connectivity index (χ1) is 10.8. The molecule has 2 aromatic rings. The minimum atomic E-state index is -0.249. The fourth-order valence-corrected chi connectivity index (χ4v) is 3.58. The van der Waals surface area contributed by atoms with Crippen molar-refractivity contribution in [1.29, 1.82) is 0 Å². The lowest BCUT2D eigenvalue weighted by Gasteiger charge is -2.48. The summed E-state index contributed by atoms with van der Waals surface area (Å²) < 4.78 is 0. The molecule has 1 atom stereocenters. The average molecular weight is 293 g/mol. The lowest BCUT2D eigenvalue weighted by atomic mass is 9.89. The molecule has 5 nitrogen and oxygen atoms in total. The second-order valence-electron chi connectivity index (χ2n) is 5.75. The first-order valence-corrected chi connectivity index (χ1v) is 7.80. The van der Waals surface area contributed by atoms with Gasteiger partial charge < -0.3 is 10.2 Å². The Morgan fingerprint density at radius 1 is 1.18 bits per heavy atom. The van der Waals surface area contributed by atoms with Crippen molar-refractivity contribution in [2.24, 2.45) is 4.99 Å². The molecule has 5 heteroatoms. The summed E-state index contributed by atoms with van der Waals surface area (Å²) in [6.45, 7) is 3.99. The van der Waals surface area contributed by atoms with Crippen LogP contribution in [0.15, 0.2) is 48.0 Å². The van der Waals surface area contributed by atoms with Gasteiger partial charge in [-0.3, -0.25) is 15.0 Å². The maximum atomic E-state index is 4.75. The van der Waals surface area contributed by atoms with E-state index in [0.717, 1.165) is 43.0 Å². The van der Waals surface area contributed by atoms with E-state index in [9.17, 15) is 0 Å². The molecule has 0 spiro atoms. The van der Waals surface area contributed by atoms with E-state index in [1.807, 2.05) is 30.9 Å². The summed E-state index contributed by atoms with van der Waals surface area (Å²) in [5.41, 5.74) is 3.20. The van der Waals surface area contributed by atoms with E-state index in [4.69, 9.17) is 4.99 Å². The maximum Gasteiger partial charge on any atom is 0.138 e. The van der Waals surface area contributed by atoms with Crippen LogP contribution in [0.2, 0.25) is 0 Å². The molecule has 0 aliphatic carbocycles. The smallest absolute Gasteiger partial charge is 0.138 e. The summed E-state index contributed by atoms with van der Waals surface area (Å²) in [6.07, 6.45) is 9.56. The van der Waals surface area contributed by atoms with Gasteiger partial charge in [-0.2, -0.15) is 0 Å². The number of fused-ring (bicyclic) bond motifs is 3. The third-order valence-corrected chi connectivity index (χ3v) is 4.47. The zero-order valence-electron chi connectivity index (χ0n) is 12.7. The van der Waals surface area contributed by atoms with Crippen molar-refractivity contribution in [3.8, 4) is 0 Å². The fraction of sp³-hybridized carbons (Fsp3) is 0.353. The molecule has 0 radical (unpaired) electrons. The number of anilines is 1. The molecule has 2 aliphatic heterocycles. The summed E-state index contributed by atoms with van der Waals surface area (Å²) >= 11 is 0. The standard InChI is InChI=1S/C17H19N5/c1-2-6-17(13-3-7-18-8-4-13)21-15-5-9-19-12-14(15)16-20-10-11-22(16)17/h3-5,7-9,12,21H,2,6,10-11H2,1H3. The van der Waals surface area contributed by atoms with Crippen LogP contribution in [-0.4, -0.2) is 33.8 Å². The van der Waals surface area contributed by atoms with Crippen molar-refractivity contribution < 1.29 is 0 Å². The third kappa shape index (κ3) is 1.81. The lowest BCUT2D eigenvalue weighted by Crippen LogP contribution is -2.56. The molecule has 2 aliphatic rings. The van der Waals surface area contributed by atoms with Gasteiger partial charge in [-0.15, -0.1) is 0 Å². The fourth-order valence-electron chi connectivity index (χ4n) is 3.58. The van der Waals surface area contributed by atoms with E-state index in [0.29, 0.717) is 0 Å². The Labute approximate surface area is 130 Å². The molecule has 0 fully saturated rings. The third-order valence-electron chi connectivity index (χ3n) is 4.47. The van der Waals surface area contributed by atoms with E-state index in [1.165, 1.54) is 5.56 Å². The highest BCUT2D eigenvalue weighted by Gasteiger charge is 2.45. The van der Waals surface area contributed by atoms with Gasteiger partial charge in [-0.25, -0.2) is 0 Å². The van der Waals surface area contributed by atoms with Crippen LogP contribution in [0.1, 0.15) is 30.9 Å². The van der Waals surface area contributed by atoms with Crippen LogP contribution in [0.5, 0.6) is 0 Å². The number of hydrogen-bond donors (Lipinski definition) is 1. The molecule has 112 valence electrons. The van der Waals surface area contributed by atoms with Crippen LogP contribution >= 0.6 is 0 Å². The zero-order valence-corrected chi connectivity index (χ0v) is 12.7. The first-order valence-electron chi connectivity index (χ1n) is 7.80. The van der Waals surface area contributed by atoms with Crippen molar-refractivity contribution in [3.63, 3.8) is 0 Å². The molecule has 4 rings (SSSR count). The summed E-state index contributed by atoms with van der Waals surface area (Å²) in [5, 5.41) is 3.78. The van der Waals surface area contributed by atoms with Gasteiger partial charge in [-0.05, 0) is 24.6 Å². The highest BCUT2D eigenvalue weighted by Crippen LogP contribution is 2.42. The monoisotopic (exact) mass is 293 g/mol. The molecule has 2 aromatic heterocycles. The van der Waals surface area contributed by atoms with Gasteiger partial charge in [0.15, 0.2) is 0 Å². The minimum Gasteiger partial charge on any atom is -0.358 e. The maximum absolute atomic E-state index is 4.75. The molecule has 1 N–H and O–H groups in total. The van der Waals surface area contributed by atoms with Gasteiger partial charge in [-0.1, -0.05) is 13.3 Å². The summed E-state index contributed by atoms with van der Waals surface area (Å²) in [5.74, 6) is 1.06. The van der Waals surface area contributed by atoms with Crippen molar-refractivity contribution >= 4 is 11.5 Å². The topological polar surface area (TPSA) is 53.4 Å². The quantitative estimate of drug-likeness (QED) is 0.945. The Morgan fingerprint density at radius 2 is 2.00 bits per heavy atom. The largest absolute Gasteiger partial charge is 0.358 e. The van der Waals surface area contributed by atoms with Gasteiger partial charge in [0.1, 0.15) is 11.5 Å². The molecule has 0 saturated carbocycles. The predicted octanol–water partition coefficient (Wildman–Crippen LogP) is 2.62. The average Bonchev–Trinajstić information content (AvgIpc) is 3.07. The van der Waals surface area contributed by atoms with Gasteiger partial charge in [0.2, 0.25) is 0 Å². The number of hydrogen-bond acceptors (Lipinski definition) is 5. The molecular weight excluding hydrogens is 274 g/mol. The molecule has 0 bridgehead atoms. The summed E-state index contributed by atoms with van der Waals surface area (Å²) in [4.78, 5) is 15.6. The van der Waals surface area contributed by atoms with Crippen molar-refractivity contribution in [2.45, 2.75) is 25.4 Å². The molecule has 1 unspecified atom stereocenters. The highest BCUT2D eigenvalue weighted by molar-refractivity contribution is 6.06. The van der Waals surface area contributed by atoms with Crippen LogP contribution in [0.25, 0.3) is 0 Å². The normalized spacial score (nSPS) is 22.6. The van der Waals surface area contributed by atoms with Crippen molar-refractivity contribution in [1.82, 2.24) is 14.9 Å². The van der Waals surface area contributed by atoms with E-state index >= 15 is 0 Å². The SMILES string of the molecule is CCCC1(c2ccncc2)Nc2ccncc2C2=NCCN21. The number of aliphatic imine (C=N–C) groups is 1. The molecule has 22 heavy (non-hydrogen) atoms. The van der Waals surface area contributed by atoms with Gasteiger partial charge in [0, 0.05) is 36.9 Å². The van der Waals surface area contributed by atoms with Crippen LogP contribution in [0.4, 0.5) is 5.69 Å². The van der Waals surface area contributed by atoms with Gasteiger partial charge in [0.25, 0.3) is 0 Å². The second kappa shape index (κ2) is 5.09. The Hall–Kier alpha value is -2.43. The summed E-state index contributed by atoms with van der Waals surface area (Å²) in [6, 6.07) is 6.24. The van der Waals surface area contributed by atoms with Crippen molar-refractivity contribution in [2.75, 3.05) is 18.4 Å². The van der Waals surface area contributed by atoms with E-state index in [2.05, 4.69) is 39.2 Å². The molecule has 0 aromatic carbocycles. The summed E-state index contributed by atoms with van der Waals surface area (Å²) in [7, 11) is 0. The Bertz CT molecular complexity index is 712. The Balaban J connectivity index is 1.91. The molecule has 0 amide bonds. The first kappa shape index (κ1) is 13.2. The van der Waals surface area contributed by atoms with Crippen LogP contribution in [0.3, 0.4) is 0 Å². The molecule has 0 saturated heterocycles. The number of nitrogens with one attached hydrogen (secondary N) is 1. The Morgan fingerprint density at radius 3 is 2.82 bits per heavy atom. The van der Waals surface area contributed by atoms with E-state index in [-0.39, 0.29) is 5.66 Å². The lowest BCUT2D eigenvalue weighted by molar-refractivity contribution is 0.200. The van der Waals surface area contributed by atoms with E-state index in [1.54, 1.807) is 0 Å². The Kier molecular flexibility index (Phi) is 3.06. The highest BCUT2D eigenvalue weighted by atomic mass is 15.4. The van der Waals surface area contributed by atoms with Crippen LogP contribution in [0, 0.1) is 0 Å². The molecule has 4 heterocycles. The number of nitrogens with zero attached hydrogens (tertiary/aromatic N) is 4. The molecular formula is C17H19N5. The van der Waals surface area contributed by atoms with Gasteiger partial charge >= 0.3 is 0 Å². The van der Waals surface area contributed by atoms with E-state index < -0.39 is 0 Å². The number of aromatic nitrogens is 2. The number of pyridine rings is 2. The van der Waals surface area contributed by atoms with Crippen LogP contribution < -0.4 is 5.32 Å². The van der Waals surface area contributed by atoms with Gasteiger partial charge in [0.05, 0.1) is 17.8 Å². The predicted molar refractivity (Wildman–Crippen MR) is 86.8 cm³/mol. The zero-order chi connectivity index (χ0) is 15.0.